The molecule has 2 aromatic carbocycles. The van der Waals surface area contributed by atoms with Crippen molar-refractivity contribution in [3.63, 3.8) is 0 Å². The Morgan fingerprint density at radius 2 is 1.89 bits per heavy atom. The first kappa shape index (κ1) is 12.3. The molecule has 0 aliphatic rings. The minimum absolute atomic E-state index is 0.0444. The number of aliphatic hydroxyl groups excluding tert-OH is 1. The van der Waals surface area contributed by atoms with Gasteiger partial charge in [0.15, 0.2) is 0 Å². The number of fused-ring (bicyclic) bond motifs is 1. The first-order chi connectivity index (χ1) is 8.59. The van der Waals surface area contributed by atoms with E-state index in [2.05, 4.69) is 6.58 Å². The summed E-state index contributed by atoms with van der Waals surface area (Å²) >= 11 is 0. The van der Waals surface area contributed by atoms with Gasteiger partial charge in [0.25, 0.3) is 0 Å². The molecule has 0 saturated carbocycles. The van der Waals surface area contributed by atoms with Crippen molar-refractivity contribution in [3.8, 4) is 5.75 Å². The number of hydrogen-bond donors (Lipinski definition) is 1. The zero-order chi connectivity index (χ0) is 13.1. The van der Waals surface area contributed by atoms with E-state index in [9.17, 15) is 9.90 Å². The lowest BCUT2D eigenvalue weighted by atomic mass is 10.1. The summed E-state index contributed by atoms with van der Waals surface area (Å²) in [7, 11) is 0. The number of carbonyl (C=O) groups excluding carboxylic acids is 1. The Morgan fingerprint density at radius 3 is 2.61 bits per heavy atom. The van der Waals surface area contributed by atoms with E-state index in [0.717, 1.165) is 10.8 Å². The third-order valence-corrected chi connectivity index (χ3v) is 2.72. The molecule has 1 atom stereocenters. The highest BCUT2D eigenvalue weighted by Gasteiger charge is 2.15. The van der Waals surface area contributed by atoms with Crippen LogP contribution in [0.2, 0.25) is 0 Å². The number of esters is 1. The van der Waals surface area contributed by atoms with E-state index in [1.807, 2.05) is 36.4 Å². The van der Waals surface area contributed by atoms with Gasteiger partial charge in [0, 0.05) is 5.39 Å². The van der Waals surface area contributed by atoms with Crippen molar-refractivity contribution in [1.29, 1.82) is 0 Å². The fourth-order valence-corrected chi connectivity index (χ4v) is 1.62. The fraction of sp³-hybridized carbons (Fsp3) is 0.133. The molecule has 3 nitrogen and oxygen atoms in total. The van der Waals surface area contributed by atoms with E-state index in [1.165, 1.54) is 6.92 Å². The molecule has 2 aromatic rings. The van der Waals surface area contributed by atoms with Crippen molar-refractivity contribution >= 4 is 16.7 Å². The highest BCUT2D eigenvalue weighted by atomic mass is 16.5. The van der Waals surface area contributed by atoms with E-state index in [1.54, 1.807) is 6.07 Å². The van der Waals surface area contributed by atoms with E-state index in [0.29, 0.717) is 5.75 Å². The van der Waals surface area contributed by atoms with Crippen LogP contribution in [0.25, 0.3) is 10.8 Å². The van der Waals surface area contributed by atoms with Crippen LogP contribution in [0.5, 0.6) is 5.75 Å². The van der Waals surface area contributed by atoms with Crippen LogP contribution in [0.15, 0.2) is 54.6 Å². The second-order valence-electron chi connectivity index (χ2n) is 4.07. The summed E-state index contributed by atoms with van der Waals surface area (Å²) in [6.07, 6.45) is -0.910. The quantitative estimate of drug-likeness (QED) is 0.511. The van der Waals surface area contributed by atoms with Crippen molar-refractivity contribution in [2.24, 2.45) is 0 Å². The van der Waals surface area contributed by atoms with Gasteiger partial charge in [-0.25, -0.2) is 4.79 Å². The van der Waals surface area contributed by atoms with E-state index >= 15 is 0 Å². The van der Waals surface area contributed by atoms with Gasteiger partial charge in [-0.2, -0.15) is 0 Å². The molecular weight excluding hydrogens is 228 g/mol. The SMILES string of the molecule is C=C(C(=O)Oc1cccc2ccccc12)C(C)O. The summed E-state index contributed by atoms with van der Waals surface area (Å²) in [6.45, 7) is 4.98. The van der Waals surface area contributed by atoms with Crippen molar-refractivity contribution in [2.45, 2.75) is 13.0 Å². The average molecular weight is 242 g/mol. The van der Waals surface area contributed by atoms with Gasteiger partial charge in [-0.05, 0) is 18.4 Å². The van der Waals surface area contributed by atoms with E-state index < -0.39 is 12.1 Å². The van der Waals surface area contributed by atoms with E-state index in [-0.39, 0.29) is 5.57 Å². The van der Waals surface area contributed by atoms with Crippen LogP contribution in [0.3, 0.4) is 0 Å². The fourth-order valence-electron chi connectivity index (χ4n) is 1.62. The van der Waals surface area contributed by atoms with Crippen molar-refractivity contribution < 1.29 is 14.6 Å². The van der Waals surface area contributed by atoms with Crippen LogP contribution in [0.4, 0.5) is 0 Å². The van der Waals surface area contributed by atoms with Gasteiger partial charge in [0.1, 0.15) is 5.75 Å². The van der Waals surface area contributed by atoms with Gasteiger partial charge in [-0.15, -0.1) is 0 Å². The first-order valence-electron chi connectivity index (χ1n) is 5.66. The summed E-state index contributed by atoms with van der Waals surface area (Å²) < 4.78 is 5.25. The molecule has 0 aliphatic heterocycles. The molecule has 2 rings (SSSR count). The second kappa shape index (κ2) is 5.02. The lowest BCUT2D eigenvalue weighted by Gasteiger charge is -2.10. The Bertz CT molecular complexity index is 594. The zero-order valence-electron chi connectivity index (χ0n) is 10.1. The molecule has 0 fully saturated rings. The topological polar surface area (TPSA) is 46.5 Å². The molecule has 0 aromatic heterocycles. The van der Waals surface area contributed by atoms with Crippen LogP contribution >= 0.6 is 0 Å². The third-order valence-electron chi connectivity index (χ3n) is 2.72. The largest absolute Gasteiger partial charge is 0.422 e. The summed E-state index contributed by atoms with van der Waals surface area (Å²) in [4.78, 5) is 11.7. The van der Waals surface area contributed by atoms with Crippen LogP contribution in [0, 0.1) is 0 Å². The predicted octanol–water partition coefficient (Wildman–Crippen LogP) is 2.68. The monoisotopic (exact) mass is 242 g/mol. The first-order valence-corrected chi connectivity index (χ1v) is 5.66. The van der Waals surface area contributed by atoms with Gasteiger partial charge in [0.05, 0.1) is 11.7 Å². The van der Waals surface area contributed by atoms with Gasteiger partial charge in [0.2, 0.25) is 0 Å². The second-order valence-corrected chi connectivity index (χ2v) is 4.07. The molecule has 1 unspecified atom stereocenters. The molecule has 0 spiro atoms. The summed E-state index contributed by atoms with van der Waals surface area (Å²) in [6, 6.07) is 13.1. The predicted molar refractivity (Wildman–Crippen MR) is 70.4 cm³/mol. The highest BCUT2D eigenvalue weighted by Crippen LogP contribution is 2.25. The van der Waals surface area contributed by atoms with Crippen molar-refractivity contribution in [3.05, 3.63) is 54.6 Å². The number of hydrogen-bond acceptors (Lipinski definition) is 3. The molecule has 0 radical (unpaired) electrons. The lowest BCUT2D eigenvalue weighted by Crippen LogP contribution is -2.18. The molecule has 0 amide bonds. The maximum atomic E-state index is 11.7. The maximum absolute atomic E-state index is 11.7. The number of ether oxygens (including phenoxy) is 1. The van der Waals surface area contributed by atoms with Crippen LogP contribution in [0.1, 0.15) is 6.92 Å². The molecular formula is C15H14O3. The Hall–Kier alpha value is -2.13. The number of benzene rings is 2. The van der Waals surface area contributed by atoms with Crippen molar-refractivity contribution in [1.82, 2.24) is 0 Å². The number of rotatable bonds is 3. The highest BCUT2D eigenvalue weighted by molar-refractivity contribution is 5.95. The Morgan fingerprint density at radius 1 is 1.22 bits per heavy atom. The minimum Gasteiger partial charge on any atom is -0.422 e. The maximum Gasteiger partial charge on any atom is 0.341 e. The standard InChI is InChI=1S/C15H14O3/c1-10(11(2)16)15(17)18-14-9-5-7-12-6-3-4-8-13(12)14/h3-9,11,16H,1H2,2H3. The van der Waals surface area contributed by atoms with Crippen LogP contribution in [-0.4, -0.2) is 17.2 Å². The molecule has 0 heterocycles. The number of carbonyl (C=O) groups is 1. The minimum atomic E-state index is -0.910. The zero-order valence-corrected chi connectivity index (χ0v) is 10.1. The summed E-state index contributed by atoms with van der Waals surface area (Å²) in [5.74, 6) is -0.138. The Labute approximate surface area is 105 Å². The summed E-state index contributed by atoms with van der Waals surface area (Å²) in [5.41, 5.74) is 0.0444. The normalized spacial score (nSPS) is 12.1. The third kappa shape index (κ3) is 2.41. The van der Waals surface area contributed by atoms with Gasteiger partial charge in [-0.1, -0.05) is 43.0 Å². The molecule has 0 saturated heterocycles. The van der Waals surface area contributed by atoms with Crippen molar-refractivity contribution in [2.75, 3.05) is 0 Å². The van der Waals surface area contributed by atoms with Gasteiger partial charge < -0.3 is 9.84 Å². The molecule has 0 aliphatic carbocycles. The molecule has 3 heteroatoms. The Balaban J connectivity index is 2.33. The number of aliphatic hydroxyl groups is 1. The van der Waals surface area contributed by atoms with Gasteiger partial charge >= 0.3 is 5.97 Å². The van der Waals surface area contributed by atoms with Gasteiger partial charge in [-0.3, -0.25) is 0 Å². The van der Waals surface area contributed by atoms with Crippen LogP contribution in [-0.2, 0) is 4.79 Å². The average Bonchev–Trinajstić information content (AvgIpc) is 2.38. The lowest BCUT2D eigenvalue weighted by molar-refractivity contribution is -0.131. The molecule has 0 bridgehead atoms. The van der Waals surface area contributed by atoms with Crippen LogP contribution < -0.4 is 4.74 Å². The molecule has 1 N–H and O–H groups in total. The smallest absolute Gasteiger partial charge is 0.341 e. The summed E-state index contributed by atoms with van der Waals surface area (Å²) in [5, 5.41) is 11.1. The Kier molecular flexibility index (Phi) is 3.44. The molecule has 18 heavy (non-hydrogen) atoms. The molecule has 92 valence electrons. The van der Waals surface area contributed by atoms with E-state index in [4.69, 9.17) is 4.74 Å².